The first kappa shape index (κ1) is 22.0. The van der Waals surface area contributed by atoms with Gasteiger partial charge in [0.15, 0.2) is 0 Å². The van der Waals surface area contributed by atoms with E-state index < -0.39 is 28.0 Å². The fourth-order valence-electron chi connectivity index (χ4n) is 2.77. The maximum atomic E-state index is 13.1. The Kier molecular flexibility index (Phi) is 6.90. The first-order chi connectivity index (χ1) is 13.0. The van der Waals surface area contributed by atoms with E-state index >= 15 is 0 Å². The lowest BCUT2D eigenvalue weighted by molar-refractivity contribution is -0.122. The number of carbonyl (C=O) groups excluding carboxylic acids is 1. The van der Waals surface area contributed by atoms with Crippen molar-refractivity contribution in [3.05, 3.63) is 58.9 Å². The summed E-state index contributed by atoms with van der Waals surface area (Å²) < 4.78 is 43.9. The van der Waals surface area contributed by atoms with E-state index in [2.05, 4.69) is 5.32 Å². The molecule has 0 aliphatic rings. The third-order valence-corrected chi connectivity index (χ3v) is 5.74. The van der Waals surface area contributed by atoms with Crippen LogP contribution in [0.2, 0.25) is 5.02 Å². The molecule has 0 saturated heterocycles. The fraction of sp³-hybridized carbons (Fsp3) is 0.316. The van der Waals surface area contributed by atoms with Gasteiger partial charge in [-0.05, 0) is 49.7 Å². The van der Waals surface area contributed by atoms with Crippen LogP contribution in [0.4, 0.5) is 10.1 Å². The zero-order valence-electron chi connectivity index (χ0n) is 15.9. The molecule has 2 rings (SSSR count). The Morgan fingerprint density at radius 2 is 1.79 bits per heavy atom. The summed E-state index contributed by atoms with van der Waals surface area (Å²) in [6.07, 6.45) is 1.01. The van der Waals surface area contributed by atoms with Crippen molar-refractivity contribution >= 4 is 33.2 Å². The second-order valence-corrected chi connectivity index (χ2v) is 8.60. The number of amides is 1. The van der Waals surface area contributed by atoms with Crippen molar-refractivity contribution in [2.75, 3.05) is 17.7 Å². The van der Waals surface area contributed by atoms with Gasteiger partial charge in [0, 0.05) is 0 Å². The Morgan fingerprint density at radius 1 is 1.18 bits per heavy atom. The third-order valence-electron chi connectivity index (χ3n) is 4.21. The molecule has 0 saturated carbocycles. The molecule has 0 spiro atoms. The number of halogens is 2. The predicted molar refractivity (Wildman–Crippen MR) is 108 cm³/mol. The Bertz CT molecular complexity index is 951. The van der Waals surface area contributed by atoms with Crippen molar-refractivity contribution in [3.8, 4) is 5.75 Å². The second kappa shape index (κ2) is 8.79. The van der Waals surface area contributed by atoms with Crippen molar-refractivity contribution in [3.63, 3.8) is 0 Å². The van der Waals surface area contributed by atoms with Gasteiger partial charge in [0.05, 0.1) is 30.1 Å². The molecule has 0 heterocycles. The van der Waals surface area contributed by atoms with Crippen LogP contribution < -0.4 is 14.4 Å². The minimum atomic E-state index is -3.78. The maximum Gasteiger partial charge on any atom is 0.244 e. The topological polar surface area (TPSA) is 75.7 Å². The molecule has 0 unspecified atom stereocenters. The van der Waals surface area contributed by atoms with Crippen molar-refractivity contribution in [1.29, 1.82) is 0 Å². The van der Waals surface area contributed by atoms with Crippen LogP contribution in [0.5, 0.6) is 5.75 Å². The van der Waals surface area contributed by atoms with Gasteiger partial charge in [-0.3, -0.25) is 9.10 Å². The van der Waals surface area contributed by atoms with Gasteiger partial charge >= 0.3 is 0 Å². The van der Waals surface area contributed by atoms with E-state index in [-0.39, 0.29) is 16.5 Å². The van der Waals surface area contributed by atoms with E-state index in [4.69, 9.17) is 16.3 Å². The van der Waals surface area contributed by atoms with Gasteiger partial charge in [0.25, 0.3) is 0 Å². The van der Waals surface area contributed by atoms with Crippen molar-refractivity contribution in [2.24, 2.45) is 0 Å². The van der Waals surface area contributed by atoms with Gasteiger partial charge in [-0.15, -0.1) is 0 Å². The van der Waals surface area contributed by atoms with Crippen LogP contribution in [-0.2, 0) is 14.8 Å². The zero-order valence-corrected chi connectivity index (χ0v) is 17.5. The summed E-state index contributed by atoms with van der Waals surface area (Å²) in [6.45, 7) is 3.21. The van der Waals surface area contributed by atoms with E-state index in [1.807, 2.05) is 0 Å². The van der Waals surface area contributed by atoms with Gasteiger partial charge in [0.1, 0.15) is 17.6 Å². The molecule has 28 heavy (non-hydrogen) atoms. The summed E-state index contributed by atoms with van der Waals surface area (Å²) in [7, 11) is -2.33. The van der Waals surface area contributed by atoms with E-state index in [0.717, 1.165) is 10.6 Å². The van der Waals surface area contributed by atoms with Crippen LogP contribution in [0.1, 0.15) is 25.5 Å². The number of sulfonamides is 1. The molecule has 0 aliphatic carbocycles. The Balaban J connectivity index is 2.27. The first-order valence-corrected chi connectivity index (χ1v) is 10.7. The number of carbonyl (C=O) groups is 1. The van der Waals surface area contributed by atoms with Crippen molar-refractivity contribution in [2.45, 2.75) is 25.9 Å². The molecule has 1 N–H and O–H groups in total. The average Bonchev–Trinajstić information content (AvgIpc) is 2.61. The second-order valence-electron chi connectivity index (χ2n) is 6.34. The van der Waals surface area contributed by atoms with Gasteiger partial charge in [-0.1, -0.05) is 23.7 Å². The molecule has 0 aliphatic heterocycles. The summed E-state index contributed by atoms with van der Waals surface area (Å²) in [5.41, 5.74) is 0.936. The van der Waals surface area contributed by atoms with E-state index in [9.17, 15) is 17.6 Å². The average molecular weight is 429 g/mol. The molecule has 2 aromatic rings. The summed E-state index contributed by atoms with van der Waals surface area (Å²) in [4.78, 5) is 12.7. The molecule has 2 atom stereocenters. The molecule has 0 fully saturated rings. The smallest absolute Gasteiger partial charge is 0.244 e. The summed E-state index contributed by atoms with van der Waals surface area (Å²) in [6, 6.07) is 8.70. The molecular formula is C19H22ClFN2O4S. The van der Waals surface area contributed by atoms with Crippen LogP contribution in [0.15, 0.2) is 42.5 Å². The van der Waals surface area contributed by atoms with Crippen LogP contribution in [0, 0.1) is 5.82 Å². The fourth-order valence-corrected chi connectivity index (χ4v) is 4.19. The molecule has 0 radical (unpaired) electrons. The SMILES string of the molecule is COc1ccc(N([C@H](C)C(=O)N[C@H](C)c2ccc(F)cc2)S(C)(=O)=O)cc1Cl. The summed E-state index contributed by atoms with van der Waals surface area (Å²) in [5, 5.41) is 2.97. The highest BCUT2D eigenvalue weighted by atomic mass is 35.5. The Hall–Kier alpha value is -2.32. The van der Waals surface area contributed by atoms with Crippen molar-refractivity contribution in [1.82, 2.24) is 5.32 Å². The van der Waals surface area contributed by atoms with Gasteiger partial charge in [-0.25, -0.2) is 12.8 Å². The number of rotatable bonds is 7. The molecule has 6 nitrogen and oxygen atoms in total. The number of nitrogens with zero attached hydrogens (tertiary/aromatic N) is 1. The van der Waals surface area contributed by atoms with E-state index in [1.54, 1.807) is 19.1 Å². The Labute approximate surface area is 169 Å². The minimum Gasteiger partial charge on any atom is -0.495 e. The molecule has 9 heteroatoms. The van der Waals surface area contributed by atoms with E-state index in [0.29, 0.717) is 11.3 Å². The molecule has 0 aromatic heterocycles. The zero-order chi connectivity index (χ0) is 21.1. The molecule has 1 amide bonds. The number of nitrogens with one attached hydrogen (secondary N) is 1. The van der Waals surface area contributed by atoms with Crippen molar-refractivity contribution < 1.29 is 22.3 Å². The van der Waals surface area contributed by atoms with E-state index in [1.165, 1.54) is 44.4 Å². The standard InChI is InChI=1S/C19H22ClFN2O4S/c1-12(14-5-7-15(21)8-6-14)22-19(24)13(2)23(28(4,25)26)16-9-10-18(27-3)17(20)11-16/h5-13H,1-4H3,(H,22,24)/t12-,13-/m1/s1. The summed E-state index contributed by atoms with van der Waals surface area (Å²) in [5.74, 6) is -0.495. The first-order valence-electron chi connectivity index (χ1n) is 8.43. The third kappa shape index (κ3) is 5.14. The van der Waals surface area contributed by atoms with Gasteiger partial charge < -0.3 is 10.1 Å². The van der Waals surface area contributed by atoms with Gasteiger partial charge in [-0.2, -0.15) is 0 Å². The largest absolute Gasteiger partial charge is 0.495 e. The quantitative estimate of drug-likeness (QED) is 0.732. The highest BCUT2D eigenvalue weighted by Gasteiger charge is 2.30. The number of ether oxygens (including phenoxy) is 1. The molecular weight excluding hydrogens is 407 g/mol. The molecule has 2 aromatic carbocycles. The lowest BCUT2D eigenvalue weighted by Crippen LogP contribution is -2.48. The van der Waals surface area contributed by atoms with Crippen LogP contribution in [0.3, 0.4) is 0 Å². The number of methoxy groups -OCH3 is 1. The highest BCUT2D eigenvalue weighted by Crippen LogP contribution is 2.31. The highest BCUT2D eigenvalue weighted by molar-refractivity contribution is 7.92. The number of benzene rings is 2. The predicted octanol–water partition coefficient (Wildman–Crippen LogP) is 3.52. The maximum absolute atomic E-state index is 13.1. The van der Waals surface area contributed by atoms with Crippen LogP contribution in [-0.4, -0.2) is 33.7 Å². The minimum absolute atomic E-state index is 0.223. The summed E-state index contributed by atoms with van der Waals surface area (Å²) >= 11 is 6.11. The van der Waals surface area contributed by atoms with Crippen LogP contribution >= 0.6 is 11.6 Å². The number of anilines is 1. The molecule has 152 valence electrons. The normalized spacial score (nSPS) is 13.5. The number of hydrogen-bond donors (Lipinski definition) is 1. The Morgan fingerprint density at radius 3 is 2.29 bits per heavy atom. The number of hydrogen-bond acceptors (Lipinski definition) is 4. The monoisotopic (exact) mass is 428 g/mol. The lowest BCUT2D eigenvalue weighted by atomic mass is 10.1. The van der Waals surface area contributed by atoms with Gasteiger partial charge in [0.2, 0.25) is 15.9 Å². The van der Waals surface area contributed by atoms with Crippen LogP contribution in [0.25, 0.3) is 0 Å². The molecule has 0 bridgehead atoms. The lowest BCUT2D eigenvalue weighted by Gasteiger charge is -2.29.